The molecule has 2 fully saturated rings. The van der Waals surface area contributed by atoms with Crippen molar-refractivity contribution in [2.75, 3.05) is 19.6 Å². The smallest absolute Gasteiger partial charge is 0.389 e. The van der Waals surface area contributed by atoms with Gasteiger partial charge in [-0.3, -0.25) is 0 Å². The maximum absolute atomic E-state index is 13.2. The second-order valence-corrected chi connectivity index (χ2v) is 7.98. The van der Waals surface area contributed by atoms with Gasteiger partial charge in [-0.1, -0.05) is 37.5 Å². The zero-order chi connectivity index (χ0) is 18.8. The molecule has 3 N–H and O–H groups in total. The molecule has 0 amide bonds. The van der Waals surface area contributed by atoms with Gasteiger partial charge in [-0.15, -0.1) is 0 Å². The molecule has 1 saturated heterocycles. The molecule has 3 rings (SSSR count). The van der Waals surface area contributed by atoms with Crippen molar-refractivity contribution in [2.45, 2.75) is 68.7 Å². The molecule has 2 aliphatic rings. The summed E-state index contributed by atoms with van der Waals surface area (Å²) in [6.07, 6.45) is 1.67. The van der Waals surface area contributed by atoms with E-state index in [9.17, 15) is 18.3 Å². The normalized spacial score (nSPS) is 23.7. The van der Waals surface area contributed by atoms with Gasteiger partial charge in [0.1, 0.15) is 0 Å². The highest BCUT2D eigenvalue weighted by molar-refractivity contribution is 5.31. The summed E-state index contributed by atoms with van der Waals surface area (Å²) in [5, 5.41) is 11.3. The Morgan fingerprint density at radius 3 is 2.42 bits per heavy atom. The molecule has 0 spiro atoms. The number of piperidine rings is 1. The van der Waals surface area contributed by atoms with E-state index in [2.05, 4.69) is 4.90 Å². The monoisotopic (exact) mass is 370 g/mol. The Morgan fingerprint density at radius 2 is 1.81 bits per heavy atom. The van der Waals surface area contributed by atoms with Crippen molar-refractivity contribution < 1.29 is 18.3 Å². The maximum atomic E-state index is 13.2. The first-order chi connectivity index (χ1) is 12.3. The van der Waals surface area contributed by atoms with E-state index in [0.29, 0.717) is 24.9 Å². The van der Waals surface area contributed by atoms with Crippen molar-refractivity contribution in [3.63, 3.8) is 0 Å². The molecule has 1 aromatic carbocycles. The highest BCUT2D eigenvalue weighted by Gasteiger charge is 2.41. The molecule has 26 heavy (non-hydrogen) atoms. The fraction of sp³-hybridized carbons (Fsp3) is 0.700. The average molecular weight is 370 g/mol. The van der Waals surface area contributed by atoms with Crippen LogP contribution in [-0.2, 0) is 6.18 Å². The van der Waals surface area contributed by atoms with E-state index in [0.717, 1.165) is 51.3 Å². The zero-order valence-electron chi connectivity index (χ0n) is 15.1. The van der Waals surface area contributed by atoms with Crippen molar-refractivity contribution in [3.05, 3.63) is 35.4 Å². The van der Waals surface area contributed by atoms with Crippen LogP contribution in [0.3, 0.4) is 0 Å². The summed E-state index contributed by atoms with van der Waals surface area (Å²) in [5.41, 5.74) is 5.00. The van der Waals surface area contributed by atoms with Crippen molar-refractivity contribution in [2.24, 2.45) is 5.73 Å². The summed E-state index contributed by atoms with van der Waals surface area (Å²) >= 11 is 0. The Labute approximate surface area is 153 Å². The Morgan fingerprint density at radius 1 is 1.15 bits per heavy atom. The molecular formula is C20H29F3N2O. The van der Waals surface area contributed by atoms with Crippen LogP contribution in [0.4, 0.5) is 13.2 Å². The van der Waals surface area contributed by atoms with E-state index in [1.807, 2.05) is 0 Å². The number of halogens is 3. The summed E-state index contributed by atoms with van der Waals surface area (Å²) in [4.78, 5) is 2.25. The van der Waals surface area contributed by atoms with Crippen LogP contribution in [0.5, 0.6) is 0 Å². The Bertz CT molecular complexity index is 591. The van der Waals surface area contributed by atoms with Gasteiger partial charge in [0.15, 0.2) is 0 Å². The van der Waals surface area contributed by atoms with Gasteiger partial charge in [-0.05, 0) is 50.4 Å². The van der Waals surface area contributed by atoms with Gasteiger partial charge in [0.25, 0.3) is 0 Å². The van der Waals surface area contributed by atoms with Gasteiger partial charge in [-0.25, -0.2) is 0 Å². The standard InChI is InChI=1S/C20H29F3N2O/c21-20(22,23)16-6-4-5-15(13-16)18(19(26)9-2-1-3-10-19)14-25-11-7-17(24)8-12-25/h4-6,13,17-18,26H,1-3,7-12,14,24H2. The SMILES string of the molecule is NC1CCN(CC(c2cccc(C(F)(F)F)c2)C2(O)CCCCC2)CC1. The number of hydrogen-bond acceptors (Lipinski definition) is 3. The van der Waals surface area contributed by atoms with Crippen LogP contribution < -0.4 is 5.73 Å². The highest BCUT2D eigenvalue weighted by Crippen LogP contribution is 2.42. The molecular weight excluding hydrogens is 341 g/mol. The second-order valence-electron chi connectivity index (χ2n) is 7.98. The predicted molar refractivity (Wildman–Crippen MR) is 95.9 cm³/mol. The van der Waals surface area contributed by atoms with Crippen LogP contribution in [0, 0.1) is 0 Å². The molecule has 1 aliphatic heterocycles. The number of rotatable bonds is 4. The first kappa shape index (κ1) is 19.6. The molecule has 6 heteroatoms. The van der Waals surface area contributed by atoms with Crippen LogP contribution >= 0.6 is 0 Å². The molecule has 146 valence electrons. The lowest BCUT2D eigenvalue weighted by Gasteiger charge is -2.43. The van der Waals surface area contributed by atoms with Gasteiger partial charge in [0.05, 0.1) is 11.2 Å². The molecule has 1 aromatic rings. The van der Waals surface area contributed by atoms with E-state index >= 15 is 0 Å². The van der Waals surface area contributed by atoms with E-state index < -0.39 is 17.3 Å². The summed E-state index contributed by atoms with van der Waals surface area (Å²) in [6.45, 7) is 2.27. The van der Waals surface area contributed by atoms with Gasteiger partial charge < -0.3 is 15.7 Å². The number of likely N-dealkylation sites (tertiary alicyclic amines) is 1. The van der Waals surface area contributed by atoms with Gasteiger partial charge in [-0.2, -0.15) is 13.2 Å². The number of nitrogens with two attached hydrogens (primary N) is 1. The highest BCUT2D eigenvalue weighted by atomic mass is 19.4. The van der Waals surface area contributed by atoms with Crippen molar-refractivity contribution in [1.29, 1.82) is 0 Å². The summed E-state index contributed by atoms with van der Waals surface area (Å²) in [5.74, 6) is -0.306. The van der Waals surface area contributed by atoms with Crippen LogP contribution in [0.2, 0.25) is 0 Å². The summed E-state index contributed by atoms with van der Waals surface area (Å²) in [6, 6.07) is 5.74. The average Bonchev–Trinajstić information content (AvgIpc) is 2.61. The van der Waals surface area contributed by atoms with Crippen LogP contribution in [0.1, 0.15) is 62.0 Å². The number of alkyl halides is 3. The maximum Gasteiger partial charge on any atom is 0.416 e. The van der Waals surface area contributed by atoms with Crippen molar-refractivity contribution >= 4 is 0 Å². The first-order valence-electron chi connectivity index (χ1n) is 9.65. The molecule has 1 aliphatic carbocycles. The lowest BCUT2D eigenvalue weighted by molar-refractivity contribution is -0.137. The molecule has 0 aromatic heterocycles. The third-order valence-electron chi connectivity index (χ3n) is 6.06. The predicted octanol–water partition coefficient (Wildman–Crippen LogP) is 3.91. The lowest BCUT2D eigenvalue weighted by atomic mass is 9.72. The minimum atomic E-state index is -4.37. The number of nitrogens with zero attached hydrogens (tertiary/aromatic N) is 1. The van der Waals surface area contributed by atoms with Gasteiger partial charge >= 0.3 is 6.18 Å². The van der Waals surface area contributed by atoms with E-state index in [1.165, 1.54) is 12.1 Å². The molecule has 0 bridgehead atoms. The Hall–Kier alpha value is -1.11. The third kappa shape index (κ3) is 4.59. The number of aliphatic hydroxyl groups is 1. The molecule has 0 radical (unpaired) electrons. The van der Waals surface area contributed by atoms with Gasteiger partial charge in [0.2, 0.25) is 0 Å². The van der Waals surface area contributed by atoms with Crippen LogP contribution in [-0.4, -0.2) is 41.3 Å². The first-order valence-corrected chi connectivity index (χ1v) is 9.65. The van der Waals surface area contributed by atoms with Gasteiger partial charge in [0, 0.05) is 18.5 Å². The van der Waals surface area contributed by atoms with E-state index in [4.69, 9.17) is 5.73 Å². The molecule has 1 saturated carbocycles. The van der Waals surface area contributed by atoms with Crippen LogP contribution in [0.25, 0.3) is 0 Å². The van der Waals surface area contributed by atoms with Crippen molar-refractivity contribution in [3.8, 4) is 0 Å². The molecule has 1 unspecified atom stereocenters. The van der Waals surface area contributed by atoms with Crippen molar-refractivity contribution in [1.82, 2.24) is 4.90 Å². The summed E-state index contributed by atoms with van der Waals surface area (Å²) in [7, 11) is 0. The molecule has 3 nitrogen and oxygen atoms in total. The lowest BCUT2D eigenvalue weighted by Crippen LogP contribution is -2.47. The second kappa shape index (κ2) is 7.87. The number of benzene rings is 1. The zero-order valence-corrected chi connectivity index (χ0v) is 15.1. The Kier molecular flexibility index (Phi) is 5.94. The van der Waals surface area contributed by atoms with E-state index in [-0.39, 0.29) is 12.0 Å². The summed E-state index contributed by atoms with van der Waals surface area (Å²) < 4.78 is 39.6. The third-order valence-corrected chi connectivity index (χ3v) is 6.06. The number of hydrogen-bond donors (Lipinski definition) is 2. The fourth-order valence-corrected chi connectivity index (χ4v) is 4.42. The minimum Gasteiger partial charge on any atom is -0.389 e. The quantitative estimate of drug-likeness (QED) is 0.845. The Balaban J connectivity index is 1.87. The molecule has 1 heterocycles. The largest absolute Gasteiger partial charge is 0.416 e. The topological polar surface area (TPSA) is 49.5 Å². The minimum absolute atomic E-state index is 0.205. The fourth-order valence-electron chi connectivity index (χ4n) is 4.42. The van der Waals surface area contributed by atoms with Crippen LogP contribution in [0.15, 0.2) is 24.3 Å². The molecule has 1 atom stereocenters. The van der Waals surface area contributed by atoms with E-state index in [1.54, 1.807) is 6.07 Å².